The zero-order chi connectivity index (χ0) is 22.3. The van der Waals surface area contributed by atoms with Crippen LogP contribution in [0.4, 0.5) is 5.13 Å². The van der Waals surface area contributed by atoms with Gasteiger partial charge in [-0.05, 0) is 26.7 Å². The lowest BCUT2D eigenvalue weighted by atomic mass is 10.1. The third kappa shape index (κ3) is 4.25. The van der Waals surface area contributed by atoms with Gasteiger partial charge in [-0.25, -0.2) is 9.78 Å². The summed E-state index contributed by atoms with van der Waals surface area (Å²) in [6.07, 6.45) is 1.32. The summed E-state index contributed by atoms with van der Waals surface area (Å²) in [5.74, 6) is -0.934. The number of carboxylic acid groups (broad SMARTS) is 1. The average molecular weight is 485 g/mol. The van der Waals surface area contributed by atoms with Crippen LogP contribution in [0.5, 0.6) is 0 Å². The fourth-order valence-corrected chi connectivity index (χ4v) is 4.69. The van der Waals surface area contributed by atoms with Gasteiger partial charge in [0.2, 0.25) is 0 Å². The molecule has 0 atom stereocenters. The minimum absolute atomic E-state index is 0.0442. The van der Waals surface area contributed by atoms with E-state index in [4.69, 9.17) is 27.7 Å². The van der Waals surface area contributed by atoms with E-state index in [9.17, 15) is 14.7 Å². The number of hydrogen-bond donors (Lipinski definition) is 3. The Hall–Kier alpha value is -2.63. The van der Waals surface area contributed by atoms with Gasteiger partial charge in [0.25, 0.3) is 11.8 Å². The van der Waals surface area contributed by atoms with E-state index in [0.29, 0.717) is 47.6 Å². The predicted octanol–water partition coefficient (Wildman–Crippen LogP) is 3.54. The van der Waals surface area contributed by atoms with E-state index in [1.165, 1.54) is 0 Å². The highest BCUT2D eigenvalue weighted by molar-refractivity contribution is 7.17. The van der Waals surface area contributed by atoms with Gasteiger partial charge < -0.3 is 24.8 Å². The Morgan fingerprint density at radius 3 is 2.48 bits per heavy atom. The van der Waals surface area contributed by atoms with E-state index in [1.54, 1.807) is 13.8 Å². The molecule has 0 radical (unpaired) electrons. The third-order valence-electron chi connectivity index (χ3n) is 4.92. The zero-order valence-corrected chi connectivity index (χ0v) is 18.9. The van der Waals surface area contributed by atoms with Crippen LogP contribution in [0.3, 0.4) is 0 Å². The molecule has 1 aliphatic heterocycles. The number of nitrogens with one attached hydrogen (secondary N) is 2. The number of aromatic amines is 1. The molecule has 3 N–H and O–H groups in total. The highest BCUT2D eigenvalue weighted by Crippen LogP contribution is 2.34. The number of aromatic carboxylic acids is 1. The molecule has 0 aliphatic carbocycles. The molecule has 3 aromatic heterocycles. The molecule has 31 heavy (non-hydrogen) atoms. The van der Waals surface area contributed by atoms with E-state index in [0.717, 1.165) is 11.3 Å². The summed E-state index contributed by atoms with van der Waals surface area (Å²) in [6, 6.07) is -0.0563. The summed E-state index contributed by atoms with van der Waals surface area (Å²) in [6.45, 7) is 4.58. The molecular weight excluding hydrogens is 467 g/mol. The Morgan fingerprint density at radius 2 is 1.94 bits per heavy atom. The van der Waals surface area contributed by atoms with Crippen LogP contribution >= 0.6 is 34.5 Å². The van der Waals surface area contributed by atoms with Crippen molar-refractivity contribution < 1.29 is 19.2 Å². The normalized spacial score (nSPS) is 14.8. The van der Waals surface area contributed by atoms with Crippen molar-refractivity contribution in [3.05, 3.63) is 32.1 Å². The van der Waals surface area contributed by atoms with Crippen LogP contribution in [0.15, 0.2) is 4.52 Å². The second-order valence-corrected chi connectivity index (χ2v) is 8.85. The molecule has 0 bridgehead atoms. The number of carbonyl (C=O) groups excluding carboxylic acids is 1. The van der Waals surface area contributed by atoms with Gasteiger partial charge in [-0.3, -0.25) is 4.79 Å². The Labute approximate surface area is 190 Å². The van der Waals surface area contributed by atoms with Crippen LogP contribution in [0.2, 0.25) is 10.0 Å². The van der Waals surface area contributed by atoms with E-state index in [-0.39, 0.29) is 39.1 Å². The summed E-state index contributed by atoms with van der Waals surface area (Å²) in [5, 5.41) is 17.3. The molecule has 1 aliphatic rings. The van der Waals surface area contributed by atoms with Gasteiger partial charge in [-0.2, -0.15) is 4.98 Å². The molecule has 164 valence electrons. The van der Waals surface area contributed by atoms with Gasteiger partial charge in [0.1, 0.15) is 10.6 Å². The van der Waals surface area contributed by atoms with Crippen LogP contribution in [-0.4, -0.2) is 56.2 Å². The number of piperidine rings is 1. The second kappa shape index (κ2) is 8.48. The Bertz CT molecular complexity index is 1150. The maximum atomic E-state index is 12.5. The first kappa shape index (κ1) is 21.6. The van der Waals surface area contributed by atoms with Crippen molar-refractivity contribution in [1.29, 1.82) is 0 Å². The maximum Gasteiger partial charge on any atom is 0.348 e. The molecule has 1 saturated heterocycles. The number of H-pyrrole nitrogens is 1. The minimum Gasteiger partial charge on any atom is -0.477 e. The molecule has 1 amide bonds. The van der Waals surface area contributed by atoms with Gasteiger partial charge in [-0.1, -0.05) is 39.7 Å². The number of amides is 1. The predicted molar refractivity (Wildman–Crippen MR) is 115 cm³/mol. The van der Waals surface area contributed by atoms with Crippen molar-refractivity contribution in [1.82, 2.24) is 25.4 Å². The number of halogens is 2. The number of nitrogens with zero attached hydrogens (tertiary/aromatic N) is 4. The van der Waals surface area contributed by atoms with Crippen molar-refractivity contribution in [3.63, 3.8) is 0 Å². The van der Waals surface area contributed by atoms with Crippen molar-refractivity contribution in [3.8, 4) is 11.6 Å². The number of thiazole rings is 1. The zero-order valence-electron chi connectivity index (χ0n) is 16.5. The van der Waals surface area contributed by atoms with E-state index >= 15 is 0 Å². The van der Waals surface area contributed by atoms with Crippen LogP contribution in [0, 0.1) is 13.8 Å². The standard InChI is InChI=1S/C18H18Cl2N6O4S/c1-7-10(19)11(20)12(21-7)15(27)23-9-3-5-26(6-4-9)18-24-13(14(31-18)17(28)29)16-22-8(2)25-30-16/h9,21H,3-6H2,1-2H3,(H,23,27)(H,28,29). The number of carbonyl (C=O) groups is 2. The number of carboxylic acids is 1. The van der Waals surface area contributed by atoms with Crippen molar-refractivity contribution in [2.45, 2.75) is 32.7 Å². The lowest BCUT2D eigenvalue weighted by Crippen LogP contribution is -2.44. The molecule has 0 unspecified atom stereocenters. The Morgan fingerprint density at radius 1 is 1.23 bits per heavy atom. The van der Waals surface area contributed by atoms with Gasteiger partial charge in [0, 0.05) is 24.8 Å². The molecule has 10 nitrogen and oxygen atoms in total. The van der Waals surface area contributed by atoms with Crippen LogP contribution in [-0.2, 0) is 0 Å². The minimum atomic E-state index is -1.10. The third-order valence-corrected chi connectivity index (χ3v) is 6.97. The smallest absolute Gasteiger partial charge is 0.348 e. The van der Waals surface area contributed by atoms with Crippen molar-refractivity contribution in [2.24, 2.45) is 0 Å². The lowest BCUT2D eigenvalue weighted by Gasteiger charge is -2.32. The van der Waals surface area contributed by atoms with Crippen molar-refractivity contribution >= 4 is 51.5 Å². The topological polar surface area (TPSA) is 137 Å². The fraction of sp³-hybridized carbons (Fsp3) is 0.389. The first-order valence-electron chi connectivity index (χ1n) is 9.38. The highest BCUT2D eigenvalue weighted by atomic mass is 35.5. The van der Waals surface area contributed by atoms with Crippen LogP contribution in [0.25, 0.3) is 11.6 Å². The lowest BCUT2D eigenvalue weighted by molar-refractivity contribution is 0.0702. The van der Waals surface area contributed by atoms with E-state index in [1.807, 2.05) is 4.90 Å². The molecular formula is C18H18Cl2N6O4S. The Balaban J connectivity index is 1.43. The van der Waals surface area contributed by atoms with Crippen LogP contribution in [0.1, 0.15) is 44.5 Å². The quantitative estimate of drug-likeness (QED) is 0.499. The molecule has 0 saturated carbocycles. The van der Waals surface area contributed by atoms with Gasteiger partial charge in [0.05, 0.1) is 10.0 Å². The molecule has 4 heterocycles. The fourth-order valence-electron chi connectivity index (χ4n) is 3.33. The number of rotatable bonds is 5. The average Bonchev–Trinajstić information content (AvgIpc) is 3.43. The molecule has 13 heteroatoms. The number of anilines is 1. The monoisotopic (exact) mass is 484 g/mol. The summed E-state index contributed by atoms with van der Waals surface area (Å²) in [4.78, 5) is 37.6. The van der Waals surface area contributed by atoms with Gasteiger partial charge in [-0.15, -0.1) is 0 Å². The maximum absolute atomic E-state index is 12.5. The Kier molecular flexibility index (Phi) is 5.91. The van der Waals surface area contributed by atoms with E-state index in [2.05, 4.69) is 25.4 Å². The molecule has 4 rings (SSSR count). The summed E-state index contributed by atoms with van der Waals surface area (Å²) >= 11 is 13.2. The molecule has 3 aromatic rings. The highest BCUT2D eigenvalue weighted by Gasteiger charge is 2.29. The van der Waals surface area contributed by atoms with Crippen molar-refractivity contribution in [2.75, 3.05) is 18.0 Å². The summed E-state index contributed by atoms with van der Waals surface area (Å²) < 4.78 is 5.09. The van der Waals surface area contributed by atoms with E-state index < -0.39 is 5.97 Å². The van der Waals surface area contributed by atoms with Gasteiger partial charge in [0.15, 0.2) is 16.6 Å². The first-order valence-corrected chi connectivity index (χ1v) is 11.0. The molecule has 0 spiro atoms. The summed E-state index contributed by atoms with van der Waals surface area (Å²) in [5.41, 5.74) is 1.05. The second-order valence-electron chi connectivity index (χ2n) is 7.11. The molecule has 1 fully saturated rings. The van der Waals surface area contributed by atoms with Gasteiger partial charge >= 0.3 is 5.97 Å². The number of hydrogen-bond acceptors (Lipinski definition) is 8. The first-order chi connectivity index (χ1) is 14.7. The number of aryl methyl sites for hydroxylation is 2. The number of aromatic nitrogens is 4. The van der Waals surface area contributed by atoms with Crippen LogP contribution < -0.4 is 10.2 Å². The SMILES string of the molecule is Cc1noc(-c2nc(N3CCC(NC(=O)c4[nH]c(C)c(Cl)c4Cl)CC3)sc2C(=O)O)n1. The summed E-state index contributed by atoms with van der Waals surface area (Å²) in [7, 11) is 0. The molecule has 0 aromatic carbocycles. The largest absolute Gasteiger partial charge is 0.477 e.